The zero-order valence-electron chi connectivity index (χ0n) is 11.4. The Hall–Kier alpha value is -0.530. The number of hydrogen-bond donors (Lipinski definition) is 1. The monoisotopic (exact) mass is 369 g/mol. The average molecular weight is 369 g/mol. The molecule has 104 valence electrons. The van der Waals surface area contributed by atoms with Gasteiger partial charge in [-0.05, 0) is 20.8 Å². The minimum absolute atomic E-state index is 0.189. The van der Waals surface area contributed by atoms with Crippen molar-refractivity contribution in [1.29, 1.82) is 0 Å². The van der Waals surface area contributed by atoms with Crippen LogP contribution in [-0.2, 0) is 14.3 Å². The van der Waals surface area contributed by atoms with Gasteiger partial charge in [0.2, 0.25) is 0 Å². The summed E-state index contributed by atoms with van der Waals surface area (Å²) < 4.78 is 11.1. The van der Waals surface area contributed by atoms with Crippen LogP contribution in [0.25, 0.3) is 0 Å². The first-order valence-corrected chi connectivity index (χ1v) is 7.36. The largest absolute Gasteiger partial charge is 0.459 e. The summed E-state index contributed by atoms with van der Waals surface area (Å²) in [6, 6.07) is -0.660. The van der Waals surface area contributed by atoms with E-state index in [0.29, 0.717) is 4.43 Å². The Morgan fingerprint density at radius 2 is 2.06 bits per heavy atom. The smallest absolute Gasteiger partial charge is 0.408 e. The summed E-state index contributed by atoms with van der Waals surface area (Å²) in [5.41, 5.74) is -1.02. The first-order valence-electron chi connectivity index (χ1n) is 5.84. The minimum atomic E-state index is -0.660. The quantitative estimate of drug-likeness (QED) is 0.461. The molecule has 1 heterocycles. The molecule has 0 aromatic carbocycles. The summed E-state index contributed by atoms with van der Waals surface area (Å²) in [5.74, 6) is -0.396. The van der Waals surface area contributed by atoms with E-state index in [1.54, 1.807) is 20.8 Å². The Balaban J connectivity index is 2.72. The van der Waals surface area contributed by atoms with Gasteiger partial charge in [-0.2, -0.15) is 0 Å². The van der Waals surface area contributed by atoms with Gasteiger partial charge >= 0.3 is 12.1 Å². The van der Waals surface area contributed by atoms with Crippen LogP contribution in [0.2, 0.25) is 0 Å². The zero-order chi connectivity index (χ0) is 14.1. The lowest BCUT2D eigenvalue weighted by Gasteiger charge is -2.28. The molecule has 0 aromatic heterocycles. The van der Waals surface area contributed by atoms with Crippen molar-refractivity contribution in [1.82, 2.24) is 5.32 Å². The van der Waals surface area contributed by atoms with Gasteiger partial charge in [0.05, 0.1) is 0 Å². The molecule has 6 heteroatoms. The highest BCUT2D eigenvalue weighted by molar-refractivity contribution is 14.1. The lowest BCUT2D eigenvalue weighted by Crippen LogP contribution is -2.49. The molecular formula is C12H20INO4. The van der Waals surface area contributed by atoms with Crippen molar-refractivity contribution in [2.75, 3.05) is 4.43 Å². The average Bonchev–Trinajstić information content (AvgIpc) is 2.38. The third kappa shape index (κ3) is 3.49. The Labute approximate surface area is 121 Å². The standard InChI is InChI=1S/C12H20INO4/c1-11(2,3)18-10(16)14-8-9(15)17-7(6-13)12(8,4)5/h7-8H,6H2,1-5H3,(H,14,16). The fraction of sp³-hybridized carbons (Fsp3) is 0.833. The first-order chi connectivity index (χ1) is 8.08. The summed E-state index contributed by atoms with van der Waals surface area (Å²) >= 11 is 2.17. The molecule has 0 radical (unpaired) electrons. The normalized spacial score (nSPS) is 26.7. The lowest BCUT2D eigenvalue weighted by atomic mass is 9.82. The number of ether oxygens (including phenoxy) is 2. The number of rotatable bonds is 2. The van der Waals surface area contributed by atoms with Gasteiger partial charge in [-0.1, -0.05) is 36.4 Å². The van der Waals surface area contributed by atoms with E-state index in [9.17, 15) is 9.59 Å². The molecule has 2 unspecified atom stereocenters. The number of halogens is 1. The maximum atomic E-state index is 11.8. The van der Waals surface area contributed by atoms with Crippen molar-refractivity contribution >= 4 is 34.7 Å². The topological polar surface area (TPSA) is 64.6 Å². The first kappa shape index (κ1) is 15.5. The van der Waals surface area contributed by atoms with Crippen LogP contribution in [0.3, 0.4) is 0 Å². The molecule has 1 fully saturated rings. The van der Waals surface area contributed by atoms with Crippen LogP contribution in [0.5, 0.6) is 0 Å². The van der Waals surface area contributed by atoms with Gasteiger partial charge in [-0.3, -0.25) is 0 Å². The minimum Gasteiger partial charge on any atom is -0.459 e. The second-order valence-electron chi connectivity index (χ2n) is 5.98. The van der Waals surface area contributed by atoms with E-state index in [1.807, 2.05) is 13.8 Å². The van der Waals surface area contributed by atoms with Gasteiger partial charge in [-0.15, -0.1) is 0 Å². The van der Waals surface area contributed by atoms with Crippen molar-refractivity contribution < 1.29 is 19.1 Å². The molecule has 2 atom stereocenters. The van der Waals surface area contributed by atoms with Gasteiger partial charge in [-0.25, -0.2) is 9.59 Å². The van der Waals surface area contributed by atoms with Crippen LogP contribution in [0, 0.1) is 5.41 Å². The molecule has 0 spiro atoms. The van der Waals surface area contributed by atoms with Crippen LogP contribution in [0.4, 0.5) is 4.79 Å². The van der Waals surface area contributed by atoms with E-state index < -0.39 is 29.1 Å². The summed E-state index contributed by atoms with van der Waals surface area (Å²) in [6.45, 7) is 9.14. The van der Waals surface area contributed by atoms with Crippen molar-refractivity contribution in [3.05, 3.63) is 0 Å². The third-order valence-electron chi connectivity index (χ3n) is 2.87. The zero-order valence-corrected chi connectivity index (χ0v) is 13.5. The van der Waals surface area contributed by atoms with Gasteiger partial charge in [0.1, 0.15) is 17.7 Å². The molecule has 1 saturated heterocycles. The van der Waals surface area contributed by atoms with E-state index in [2.05, 4.69) is 27.9 Å². The fourth-order valence-corrected chi connectivity index (χ4v) is 3.07. The summed E-state index contributed by atoms with van der Waals surface area (Å²) in [6.07, 6.45) is -0.780. The SMILES string of the molecule is CC(C)(C)OC(=O)NC1C(=O)OC(CI)C1(C)C. The molecule has 0 aliphatic carbocycles. The molecule has 1 amide bonds. The fourth-order valence-electron chi connectivity index (χ4n) is 1.75. The van der Waals surface area contributed by atoms with Gasteiger partial charge in [0, 0.05) is 9.84 Å². The van der Waals surface area contributed by atoms with Gasteiger partial charge in [0.25, 0.3) is 0 Å². The Bertz CT molecular complexity index is 348. The predicted molar refractivity (Wildman–Crippen MR) is 75.7 cm³/mol. The molecule has 1 aliphatic heterocycles. The Morgan fingerprint density at radius 3 is 2.44 bits per heavy atom. The highest BCUT2D eigenvalue weighted by atomic mass is 127. The van der Waals surface area contributed by atoms with E-state index in [-0.39, 0.29) is 6.10 Å². The number of amides is 1. The molecule has 1 aliphatic rings. The molecule has 0 saturated carbocycles. The Morgan fingerprint density at radius 1 is 1.50 bits per heavy atom. The van der Waals surface area contributed by atoms with Crippen LogP contribution < -0.4 is 5.32 Å². The second kappa shape index (κ2) is 5.22. The number of carbonyl (C=O) groups is 2. The van der Waals surface area contributed by atoms with Gasteiger partial charge in [0.15, 0.2) is 0 Å². The molecule has 0 bridgehead atoms. The number of cyclic esters (lactones) is 1. The van der Waals surface area contributed by atoms with Crippen molar-refractivity contribution in [2.24, 2.45) is 5.41 Å². The maximum absolute atomic E-state index is 11.8. The molecular weight excluding hydrogens is 349 g/mol. The van der Waals surface area contributed by atoms with Crippen LogP contribution in [-0.4, -0.2) is 34.2 Å². The highest BCUT2D eigenvalue weighted by Gasteiger charge is 2.51. The lowest BCUT2D eigenvalue weighted by molar-refractivity contribution is -0.142. The maximum Gasteiger partial charge on any atom is 0.408 e. The number of esters is 1. The number of nitrogens with one attached hydrogen (secondary N) is 1. The Kier molecular flexibility index (Phi) is 4.51. The van der Waals surface area contributed by atoms with Gasteiger partial charge < -0.3 is 14.8 Å². The predicted octanol–water partition coefficient (Wildman–Crippen LogP) is 2.27. The molecule has 1 rings (SSSR count). The summed E-state index contributed by atoms with van der Waals surface area (Å²) in [4.78, 5) is 23.5. The molecule has 0 aromatic rings. The highest BCUT2D eigenvalue weighted by Crippen LogP contribution is 2.36. The number of carbonyl (C=O) groups excluding carboxylic acids is 2. The van der Waals surface area contributed by atoms with Crippen LogP contribution in [0.15, 0.2) is 0 Å². The number of hydrogen-bond acceptors (Lipinski definition) is 4. The van der Waals surface area contributed by atoms with E-state index in [0.717, 1.165) is 0 Å². The summed E-state index contributed by atoms with van der Waals surface area (Å²) in [7, 11) is 0. The van der Waals surface area contributed by atoms with Crippen LogP contribution >= 0.6 is 22.6 Å². The third-order valence-corrected chi connectivity index (χ3v) is 3.67. The number of alkyl halides is 1. The molecule has 1 N–H and O–H groups in total. The van der Waals surface area contributed by atoms with Crippen molar-refractivity contribution in [3.8, 4) is 0 Å². The summed E-state index contributed by atoms with van der Waals surface area (Å²) in [5, 5.41) is 2.60. The van der Waals surface area contributed by atoms with Crippen molar-refractivity contribution in [2.45, 2.75) is 52.4 Å². The van der Waals surface area contributed by atoms with Crippen LogP contribution in [0.1, 0.15) is 34.6 Å². The van der Waals surface area contributed by atoms with E-state index >= 15 is 0 Å². The van der Waals surface area contributed by atoms with E-state index in [1.165, 1.54) is 0 Å². The van der Waals surface area contributed by atoms with Crippen molar-refractivity contribution in [3.63, 3.8) is 0 Å². The molecule has 18 heavy (non-hydrogen) atoms. The number of alkyl carbamates (subject to hydrolysis) is 1. The van der Waals surface area contributed by atoms with E-state index in [4.69, 9.17) is 9.47 Å². The second-order valence-corrected chi connectivity index (χ2v) is 6.86. The molecule has 5 nitrogen and oxygen atoms in total.